The van der Waals surface area contributed by atoms with Crippen LogP contribution in [0.2, 0.25) is 0 Å². The second kappa shape index (κ2) is 4.19. The predicted octanol–water partition coefficient (Wildman–Crippen LogP) is 2.50. The number of rotatable bonds is 3. The van der Waals surface area contributed by atoms with E-state index in [1.165, 1.54) is 6.07 Å². The summed E-state index contributed by atoms with van der Waals surface area (Å²) < 4.78 is 13.0. The summed E-state index contributed by atoms with van der Waals surface area (Å²) in [5, 5.41) is 3.48. The van der Waals surface area contributed by atoms with E-state index in [-0.39, 0.29) is 5.82 Å². The van der Waals surface area contributed by atoms with E-state index in [1.807, 2.05) is 11.0 Å². The van der Waals surface area contributed by atoms with Gasteiger partial charge in [-0.15, -0.1) is 0 Å². The topological polar surface area (TPSA) is 52.0 Å². The Morgan fingerprint density at radius 2 is 2.40 bits per heavy atom. The van der Waals surface area contributed by atoms with Crippen molar-refractivity contribution in [2.24, 2.45) is 5.11 Å². The lowest BCUT2D eigenvalue weighted by atomic mass is 10.2. The summed E-state index contributed by atoms with van der Waals surface area (Å²) in [5.74, 6) is -0.218. The van der Waals surface area contributed by atoms with Crippen LogP contribution in [0, 0.1) is 5.82 Å². The third-order valence-corrected chi connectivity index (χ3v) is 2.57. The smallest absolute Gasteiger partial charge is 0.125 e. The molecule has 0 spiro atoms. The van der Waals surface area contributed by atoms with Crippen LogP contribution in [-0.2, 0) is 6.42 Å². The van der Waals surface area contributed by atoms with E-state index in [1.54, 1.807) is 6.07 Å². The fourth-order valence-electron chi connectivity index (χ4n) is 1.86. The minimum absolute atomic E-state index is 0.218. The lowest BCUT2D eigenvalue weighted by Crippen LogP contribution is -2.23. The van der Waals surface area contributed by atoms with Crippen LogP contribution in [0.1, 0.15) is 5.56 Å². The fourth-order valence-corrected chi connectivity index (χ4v) is 1.86. The van der Waals surface area contributed by atoms with Gasteiger partial charge in [0.15, 0.2) is 0 Å². The normalized spacial score (nSPS) is 13.5. The zero-order valence-corrected chi connectivity index (χ0v) is 8.23. The summed E-state index contributed by atoms with van der Waals surface area (Å²) in [5.41, 5.74) is 10.3. The van der Waals surface area contributed by atoms with Crippen LogP contribution in [0.15, 0.2) is 23.3 Å². The molecule has 0 radical (unpaired) electrons. The van der Waals surface area contributed by atoms with Crippen LogP contribution in [0.25, 0.3) is 10.4 Å². The van der Waals surface area contributed by atoms with Crippen LogP contribution in [0.4, 0.5) is 10.1 Å². The van der Waals surface area contributed by atoms with Crippen molar-refractivity contribution in [2.75, 3.05) is 24.5 Å². The van der Waals surface area contributed by atoms with Gasteiger partial charge >= 0.3 is 0 Å². The van der Waals surface area contributed by atoms with Gasteiger partial charge < -0.3 is 4.90 Å². The molecule has 15 heavy (non-hydrogen) atoms. The van der Waals surface area contributed by atoms with E-state index in [9.17, 15) is 4.39 Å². The van der Waals surface area contributed by atoms with Crippen LogP contribution < -0.4 is 4.90 Å². The third-order valence-electron chi connectivity index (χ3n) is 2.57. The molecule has 78 valence electrons. The third kappa shape index (κ3) is 2.02. The molecule has 0 saturated heterocycles. The highest BCUT2D eigenvalue weighted by molar-refractivity contribution is 5.58. The molecule has 0 N–H and O–H groups in total. The largest absolute Gasteiger partial charge is 0.371 e. The molecular weight excluding hydrogens is 195 g/mol. The number of nitrogens with zero attached hydrogens (tertiary/aromatic N) is 4. The number of halogens is 1. The van der Waals surface area contributed by atoms with Crippen LogP contribution in [0.3, 0.4) is 0 Å². The summed E-state index contributed by atoms with van der Waals surface area (Å²) in [4.78, 5) is 4.74. The molecule has 0 atom stereocenters. The first-order chi connectivity index (χ1) is 7.31. The van der Waals surface area contributed by atoms with Gasteiger partial charge in [0.05, 0.1) is 0 Å². The number of hydrogen-bond acceptors (Lipinski definition) is 2. The maximum absolute atomic E-state index is 13.0. The highest BCUT2D eigenvalue weighted by Gasteiger charge is 2.18. The molecule has 1 heterocycles. The zero-order valence-electron chi connectivity index (χ0n) is 8.23. The molecule has 4 nitrogen and oxygen atoms in total. The van der Waals surface area contributed by atoms with Gasteiger partial charge in [-0.25, -0.2) is 4.39 Å². The molecule has 1 aliphatic rings. The standard InChI is InChI=1S/C10H11FN4/c11-9-2-1-8-3-5-15(10(8)7-9)6-4-13-14-12/h1-2,7H,3-6H2. The summed E-state index contributed by atoms with van der Waals surface area (Å²) >= 11 is 0. The molecule has 0 bridgehead atoms. The molecule has 0 amide bonds. The maximum atomic E-state index is 13.0. The van der Waals surface area contributed by atoms with Gasteiger partial charge in [-0.05, 0) is 29.6 Å². The van der Waals surface area contributed by atoms with Crippen LogP contribution in [0.5, 0.6) is 0 Å². The summed E-state index contributed by atoms with van der Waals surface area (Å²) in [6.07, 6.45) is 0.936. The van der Waals surface area contributed by atoms with E-state index in [0.29, 0.717) is 13.1 Å². The first kappa shape index (κ1) is 9.80. The van der Waals surface area contributed by atoms with Crippen molar-refractivity contribution in [3.8, 4) is 0 Å². The average molecular weight is 206 g/mol. The minimum atomic E-state index is -0.218. The van der Waals surface area contributed by atoms with Crippen molar-refractivity contribution in [1.82, 2.24) is 0 Å². The Balaban J connectivity index is 2.13. The van der Waals surface area contributed by atoms with E-state index < -0.39 is 0 Å². The van der Waals surface area contributed by atoms with E-state index in [2.05, 4.69) is 10.0 Å². The van der Waals surface area contributed by atoms with E-state index in [0.717, 1.165) is 24.2 Å². The molecule has 0 unspecified atom stereocenters. The SMILES string of the molecule is [N-]=[N+]=NCCN1CCc2ccc(F)cc21. The van der Waals surface area contributed by atoms with Gasteiger partial charge in [-0.1, -0.05) is 11.2 Å². The van der Waals surface area contributed by atoms with Crippen LogP contribution >= 0.6 is 0 Å². The molecular formula is C10H11FN4. The fraction of sp³-hybridized carbons (Fsp3) is 0.400. The molecule has 0 aromatic heterocycles. The van der Waals surface area contributed by atoms with Crippen molar-refractivity contribution >= 4 is 5.69 Å². The molecule has 1 aromatic carbocycles. The highest BCUT2D eigenvalue weighted by atomic mass is 19.1. The Labute approximate surface area is 86.9 Å². The van der Waals surface area contributed by atoms with Crippen LogP contribution in [-0.4, -0.2) is 19.6 Å². The Hall–Kier alpha value is -1.74. The lowest BCUT2D eigenvalue weighted by molar-refractivity contribution is 0.627. The number of benzene rings is 1. The highest BCUT2D eigenvalue weighted by Crippen LogP contribution is 2.28. The summed E-state index contributed by atoms with van der Waals surface area (Å²) in [7, 11) is 0. The maximum Gasteiger partial charge on any atom is 0.125 e. The number of fused-ring (bicyclic) bond motifs is 1. The van der Waals surface area contributed by atoms with Crippen molar-refractivity contribution in [2.45, 2.75) is 6.42 Å². The Bertz CT molecular complexity index is 412. The Morgan fingerprint density at radius 3 is 3.20 bits per heavy atom. The van der Waals surface area contributed by atoms with Crippen molar-refractivity contribution in [3.05, 3.63) is 40.0 Å². The van der Waals surface area contributed by atoms with Gasteiger partial charge in [0, 0.05) is 30.2 Å². The molecule has 0 fully saturated rings. The Kier molecular flexibility index (Phi) is 2.74. The molecule has 2 rings (SSSR count). The molecule has 5 heteroatoms. The van der Waals surface area contributed by atoms with Gasteiger partial charge in [-0.2, -0.15) is 0 Å². The summed E-state index contributed by atoms with van der Waals surface area (Å²) in [6.45, 7) is 1.95. The monoisotopic (exact) mass is 206 g/mol. The first-order valence-electron chi connectivity index (χ1n) is 4.85. The molecule has 1 aromatic rings. The second-order valence-electron chi connectivity index (χ2n) is 3.46. The summed E-state index contributed by atoms with van der Waals surface area (Å²) in [6, 6.07) is 4.84. The van der Waals surface area contributed by atoms with Gasteiger partial charge in [0.2, 0.25) is 0 Å². The second-order valence-corrected chi connectivity index (χ2v) is 3.46. The van der Waals surface area contributed by atoms with Gasteiger partial charge in [0.1, 0.15) is 5.82 Å². The van der Waals surface area contributed by atoms with E-state index in [4.69, 9.17) is 5.53 Å². The minimum Gasteiger partial charge on any atom is -0.371 e. The number of anilines is 1. The molecule has 1 aliphatic heterocycles. The average Bonchev–Trinajstić information content (AvgIpc) is 2.62. The lowest BCUT2D eigenvalue weighted by Gasteiger charge is -2.17. The molecule has 0 aliphatic carbocycles. The van der Waals surface area contributed by atoms with Crippen molar-refractivity contribution in [1.29, 1.82) is 0 Å². The number of azide groups is 1. The van der Waals surface area contributed by atoms with Gasteiger partial charge in [-0.3, -0.25) is 0 Å². The van der Waals surface area contributed by atoms with Crippen molar-refractivity contribution in [3.63, 3.8) is 0 Å². The van der Waals surface area contributed by atoms with E-state index >= 15 is 0 Å². The number of hydrogen-bond donors (Lipinski definition) is 0. The quantitative estimate of drug-likeness (QED) is 0.426. The molecule has 0 saturated carbocycles. The zero-order chi connectivity index (χ0) is 10.7. The van der Waals surface area contributed by atoms with Crippen molar-refractivity contribution < 1.29 is 4.39 Å². The Morgan fingerprint density at radius 1 is 1.53 bits per heavy atom. The first-order valence-corrected chi connectivity index (χ1v) is 4.85. The predicted molar refractivity (Wildman–Crippen MR) is 56.3 cm³/mol. The van der Waals surface area contributed by atoms with Gasteiger partial charge in [0.25, 0.3) is 0 Å².